The Morgan fingerprint density at radius 1 is 1.22 bits per heavy atom. The molecule has 0 aromatic heterocycles. The largest absolute Gasteiger partial charge is 0.493 e. The molecule has 11 heteroatoms. The van der Waals surface area contributed by atoms with Crippen LogP contribution in [-0.4, -0.2) is 78.5 Å². The maximum Gasteiger partial charge on any atom is 0.233 e. The lowest BCUT2D eigenvalue weighted by molar-refractivity contribution is -0.166. The van der Waals surface area contributed by atoms with E-state index in [0.717, 1.165) is 11.1 Å². The highest BCUT2D eigenvalue weighted by Crippen LogP contribution is 2.34. The third kappa shape index (κ3) is 5.08. The predicted molar refractivity (Wildman–Crippen MR) is 93.8 cm³/mol. The minimum Gasteiger partial charge on any atom is -0.493 e. The zero-order valence-electron chi connectivity index (χ0n) is 15.1. The van der Waals surface area contributed by atoms with E-state index >= 15 is 0 Å². The number of benzene rings is 1. The van der Waals surface area contributed by atoms with Crippen LogP contribution in [0.5, 0.6) is 11.5 Å². The van der Waals surface area contributed by atoms with Gasteiger partial charge in [0.2, 0.25) is 16.4 Å². The van der Waals surface area contributed by atoms with E-state index in [-0.39, 0.29) is 24.6 Å². The number of rotatable bonds is 9. The SMILES string of the molecule is COc1cc2c(cc1OC)CN(S(=O)(=O)C[C@H](CC(O)O)N(O)C=O)CC2. The minimum atomic E-state index is -3.88. The van der Waals surface area contributed by atoms with Crippen molar-refractivity contribution in [3.8, 4) is 11.5 Å². The molecule has 0 radical (unpaired) electrons. The van der Waals surface area contributed by atoms with Gasteiger partial charge in [-0.15, -0.1) is 0 Å². The van der Waals surface area contributed by atoms with Crippen molar-refractivity contribution < 1.29 is 38.1 Å². The lowest BCUT2D eigenvalue weighted by Crippen LogP contribution is -2.45. The molecule has 1 aliphatic heterocycles. The van der Waals surface area contributed by atoms with Gasteiger partial charge in [-0.2, -0.15) is 4.31 Å². The van der Waals surface area contributed by atoms with Gasteiger partial charge in [0, 0.05) is 19.5 Å². The Morgan fingerprint density at radius 2 is 1.81 bits per heavy atom. The van der Waals surface area contributed by atoms with Crippen molar-refractivity contribution in [1.82, 2.24) is 9.37 Å². The summed E-state index contributed by atoms with van der Waals surface area (Å²) < 4.78 is 37.2. The summed E-state index contributed by atoms with van der Waals surface area (Å²) in [5.74, 6) is 0.411. The standard InChI is InChI=1S/C16H24N2O8S/c1-25-14-5-11-3-4-17(8-12(11)6-15(14)26-2)27(23,24)9-13(7-16(20)21)18(22)10-19/h5-6,10,13,16,20-22H,3-4,7-9H2,1-2H3/t13-/m0/s1. The van der Waals surface area contributed by atoms with Crippen molar-refractivity contribution in [3.63, 3.8) is 0 Å². The van der Waals surface area contributed by atoms with E-state index in [4.69, 9.17) is 19.7 Å². The maximum absolute atomic E-state index is 12.7. The topological polar surface area (TPSA) is 137 Å². The van der Waals surface area contributed by atoms with Crippen molar-refractivity contribution in [2.75, 3.05) is 26.5 Å². The minimum absolute atomic E-state index is 0.0329. The van der Waals surface area contributed by atoms with E-state index in [9.17, 15) is 18.4 Å². The fourth-order valence-corrected chi connectivity index (χ4v) is 4.72. The first-order valence-electron chi connectivity index (χ1n) is 8.22. The molecule has 2 rings (SSSR count). The fourth-order valence-electron chi connectivity index (χ4n) is 3.03. The molecule has 0 bridgehead atoms. The van der Waals surface area contributed by atoms with Crippen LogP contribution in [0.4, 0.5) is 0 Å². The molecule has 0 saturated heterocycles. The van der Waals surface area contributed by atoms with E-state index in [1.807, 2.05) is 6.07 Å². The van der Waals surface area contributed by atoms with Crippen LogP contribution in [0.1, 0.15) is 17.5 Å². The Labute approximate surface area is 157 Å². The quantitative estimate of drug-likeness (QED) is 0.213. The molecule has 1 heterocycles. The van der Waals surface area contributed by atoms with Gasteiger partial charge in [0.25, 0.3) is 0 Å². The van der Waals surface area contributed by atoms with Gasteiger partial charge < -0.3 is 19.7 Å². The van der Waals surface area contributed by atoms with Crippen molar-refractivity contribution >= 4 is 16.4 Å². The number of hydroxylamine groups is 2. The monoisotopic (exact) mass is 404 g/mol. The highest BCUT2D eigenvalue weighted by Gasteiger charge is 2.32. The second kappa shape index (κ2) is 8.85. The highest BCUT2D eigenvalue weighted by atomic mass is 32.2. The third-order valence-corrected chi connectivity index (χ3v) is 6.35. The first kappa shape index (κ1) is 21.4. The first-order chi connectivity index (χ1) is 12.7. The van der Waals surface area contributed by atoms with E-state index in [2.05, 4.69) is 0 Å². The molecule has 3 N–H and O–H groups in total. The number of nitrogens with zero attached hydrogens (tertiary/aromatic N) is 2. The molecule has 0 unspecified atom stereocenters. The van der Waals surface area contributed by atoms with Crippen molar-refractivity contribution in [1.29, 1.82) is 0 Å². The molecular weight excluding hydrogens is 380 g/mol. The zero-order valence-corrected chi connectivity index (χ0v) is 15.9. The lowest BCUT2D eigenvalue weighted by atomic mass is 10.0. The summed E-state index contributed by atoms with van der Waals surface area (Å²) in [6, 6.07) is 2.25. The third-order valence-electron chi connectivity index (χ3n) is 4.44. The van der Waals surface area contributed by atoms with Gasteiger partial charge in [-0.25, -0.2) is 13.5 Å². The molecule has 10 nitrogen and oxygen atoms in total. The number of carbonyl (C=O) groups excluding carboxylic acids is 1. The number of sulfonamides is 1. The van der Waals surface area contributed by atoms with E-state index in [1.165, 1.54) is 18.5 Å². The van der Waals surface area contributed by atoms with Gasteiger partial charge in [0.05, 0.1) is 26.0 Å². The van der Waals surface area contributed by atoms with Crippen molar-refractivity contribution in [2.24, 2.45) is 0 Å². The number of fused-ring (bicyclic) bond motifs is 1. The molecule has 1 atom stereocenters. The Hall–Kier alpha value is -1.92. The van der Waals surface area contributed by atoms with Crippen molar-refractivity contribution in [3.05, 3.63) is 23.3 Å². The molecule has 0 saturated carbocycles. The number of hydrogen-bond acceptors (Lipinski definition) is 8. The Morgan fingerprint density at radius 3 is 2.33 bits per heavy atom. The molecule has 1 amide bonds. The number of aliphatic hydroxyl groups excluding tert-OH is 1. The molecular formula is C16H24N2O8S. The first-order valence-corrected chi connectivity index (χ1v) is 9.83. The fraction of sp³-hybridized carbons (Fsp3) is 0.562. The predicted octanol–water partition coefficient (Wildman–Crippen LogP) is -0.691. The molecule has 1 aromatic carbocycles. The van der Waals surface area contributed by atoms with Crippen LogP contribution < -0.4 is 9.47 Å². The van der Waals surface area contributed by atoms with Crippen LogP contribution in [0.2, 0.25) is 0 Å². The highest BCUT2D eigenvalue weighted by molar-refractivity contribution is 7.89. The summed E-state index contributed by atoms with van der Waals surface area (Å²) >= 11 is 0. The Balaban J connectivity index is 2.22. The summed E-state index contributed by atoms with van der Waals surface area (Å²) in [4.78, 5) is 10.8. The van der Waals surface area contributed by atoms with Gasteiger partial charge >= 0.3 is 0 Å². The second-order valence-corrected chi connectivity index (χ2v) is 8.21. The van der Waals surface area contributed by atoms with Crippen LogP contribution >= 0.6 is 0 Å². The van der Waals surface area contributed by atoms with Gasteiger partial charge in [0.1, 0.15) is 0 Å². The number of ether oxygens (including phenoxy) is 2. The summed E-state index contributed by atoms with van der Waals surface area (Å²) in [7, 11) is -0.874. The number of carbonyl (C=O) groups is 1. The molecule has 0 fully saturated rings. The van der Waals surface area contributed by atoms with Crippen LogP contribution in [0.3, 0.4) is 0 Å². The van der Waals surface area contributed by atoms with Gasteiger partial charge in [-0.3, -0.25) is 10.0 Å². The zero-order chi connectivity index (χ0) is 20.2. The molecule has 0 spiro atoms. The normalized spacial score (nSPS) is 15.9. The maximum atomic E-state index is 12.7. The van der Waals surface area contributed by atoms with Gasteiger partial charge in [-0.05, 0) is 29.7 Å². The second-order valence-electron chi connectivity index (χ2n) is 6.19. The Kier molecular flexibility index (Phi) is 7.00. The smallest absolute Gasteiger partial charge is 0.233 e. The molecule has 152 valence electrons. The van der Waals surface area contributed by atoms with Crippen LogP contribution in [0, 0.1) is 0 Å². The van der Waals surface area contributed by atoms with Crippen molar-refractivity contribution in [2.45, 2.75) is 31.7 Å². The van der Waals surface area contributed by atoms with Crippen LogP contribution in [0.15, 0.2) is 12.1 Å². The molecule has 1 aliphatic rings. The van der Waals surface area contributed by atoms with Crippen LogP contribution in [-0.2, 0) is 27.8 Å². The summed E-state index contributed by atoms with van der Waals surface area (Å²) in [6.45, 7) is 0.310. The summed E-state index contributed by atoms with van der Waals surface area (Å²) in [6.07, 6.45) is -1.87. The van der Waals surface area contributed by atoms with Gasteiger partial charge in [0.15, 0.2) is 17.8 Å². The number of aliphatic hydroxyl groups is 2. The molecule has 0 aliphatic carbocycles. The molecule has 1 aromatic rings. The molecule has 27 heavy (non-hydrogen) atoms. The summed E-state index contributed by atoms with van der Waals surface area (Å²) in [5.41, 5.74) is 1.70. The number of methoxy groups -OCH3 is 2. The number of hydrogen-bond donors (Lipinski definition) is 3. The van der Waals surface area contributed by atoms with Gasteiger partial charge in [-0.1, -0.05) is 0 Å². The summed E-state index contributed by atoms with van der Waals surface area (Å²) in [5, 5.41) is 27.8. The van der Waals surface area contributed by atoms with E-state index < -0.39 is 34.5 Å². The lowest BCUT2D eigenvalue weighted by Gasteiger charge is -2.31. The van der Waals surface area contributed by atoms with Crippen LogP contribution in [0.25, 0.3) is 0 Å². The average molecular weight is 404 g/mol. The van der Waals surface area contributed by atoms with E-state index in [0.29, 0.717) is 17.9 Å². The average Bonchev–Trinajstić information content (AvgIpc) is 2.64. The van der Waals surface area contributed by atoms with E-state index in [1.54, 1.807) is 6.07 Å². The Bertz CT molecular complexity index is 768. The number of amides is 1.